The Morgan fingerprint density at radius 1 is 1.29 bits per heavy atom. The molecular weight excluding hydrogens is 209 g/mol. The van der Waals surface area contributed by atoms with Crippen molar-refractivity contribution in [2.45, 2.75) is 13.0 Å². The standard InChI is InChI=1S/C9H11NO2S.Na.H/c11-13(12)10-6-5-8-3-1-2-4-9(8)7-10;;/h1-4H,5-7H2,(H,11,12);;. The predicted molar refractivity (Wildman–Crippen MR) is 58.5 cm³/mol. The van der Waals surface area contributed by atoms with E-state index in [1.165, 1.54) is 5.56 Å². The molecule has 1 aromatic rings. The number of benzene rings is 1. The molecule has 0 spiro atoms. The van der Waals surface area contributed by atoms with Crippen molar-refractivity contribution in [3.05, 3.63) is 35.4 Å². The third-order valence-corrected chi connectivity index (χ3v) is 3.07. The van der Waals surface area contributed by atoms with Crippen molar-refractivity contribution in [1.82, 2.24) is 4.31 Å². The van der Waals surface area contributed by atoms with Crippen molar-refractivity contribution in [3.63, 3.8) is 0 Å². The minimum atomic E-state index is -1.83. The monoisotopic (exact) mass is 221 g/mol. The summed E-state index contributed by atoms with van der Waals surface area (Å²) in [5.74, 6) is 0. The van der Waals surface area contributed by atoms with Crippen molar-refractivity contribution in [2.75, 3.05) is 6.54 Å². The molecule has 1 aromatic carbocycles. The summed E-state index contributed by atoms with van der Waals surface area (Å²) in [5.41, 5.74) is 2.46. The van der Waals surface area contributed by atoms with Gasteiger partial charge in [-0.15, -0.1) is 0 Å². The summed E-state index contributed by atoms with van der Waals surface area (Å²) in [6.45, 7) is 1.25. The molecule has 0 aromatic heterocycles. The van der Waals surface area contributed by atoms with Gasteiger partial charge in [0.1, 0.15) is 0 Å². The Labute approximate surface area is 108 Å². The fourth-order valence-electron chi connectivity index (χ4n) is 1.60. The Morgan fingerprint density at radius 2 is 1.93 bits per heavy atom. The zero-order valence-electron chi connectivity index (χ0n) is 7.14. The first-order valence-corrected chi connectivity index (χ1v) is 5.26. The predicted octanol–water partition coefficient (Wildman–Crippen LogP) is 0.533. The van der Waals surface area contributed by atoms with Gasteiger partial charge in [0.25, 0.3) is 0 Å². The average Bonchev–Trinajstić information content (AvgIpc) is 2.17. The quantitative estimate of drug-likeness (QED) is 0.555. The van der Waals surface area contributed by atoms with E-state index in [4.69, 9.17) is 4.55 Å². The summed E-state index contributed by atoms with van der Waals surface area (Å²) < 4.78 is 21.3. The van der Waals surface area contributed by atoms with Crippen LogP contribution in [0.5, 0.6) is 0 Å². The third-order valence-electron chi connectivity index (χ3n) is 2.32. The van der Waals surface area contributed by atoms with Crippen LogP contribution in [0.15, 0.2) is 24.3 Å². The van der Waals surface area contributed by atoms with Gasteiger partial charge in [-0.2, -0.15) is 4.31 Å². The molecule has 72 valence electrons. The van der Waals surface area contributed by atoms with Crippen molar-refractivity contribution < 1.29 is 8.76 Å². The SMILES string of the molecule is O=S(O)N1CCc2ccccc2C1.[NaH]. The first kappa shape index (κ1) is 12.4. The van der Waals surface area contributed by atoms with Gasteiger partial charge in [0.05, 0.1) is 0 Å². The van der Waals surface area contributed by atoms with Crippen LogP contribution in [-0.4, -0.2) is 49.2 Å². The van der Waals surface area contributed by atoms with Crippen LogP contribution in [0.25, 0.3) is 0 Å². The molecule has 0 fully saturated rings. The number of hydrogen-bond acceptors (Lipinski definition) is 1. The van der Waals surface area contributed by atoms with E-state index in [2.05, 4.69) is 6.07 Å². The van der Waals surface area contributed by atoms with E-state index in [-0.39, 0.29) is 29.6 Å². The van der Waals surface area contributed by atoms with E-state index in [1.54, 1.807) is 4.31 Å². The van der Waals surface area contributed by atoms with Gasteiger partial charge in [-0.1, -0.05) is 24.3 Å². The molecule has 1 atom stereocenters. The van der Waals surface area contributed by atoms with E-state index in [1.807, 2.05) is 18.2 Å². The summed E-state index contributed by atoms with van der Waals surface area (Å²) in [6.07, 6.45) is 0.864. The molecular formula is C9H12NNaO2S. The second-order valence-electron chi connectivity index (χ2n) is 3.11. The van der Waals surface area contributed by atoms with Crippen molar-refractivity contribution in [1.29, 1.82) is 0 Å². The Kier molecular flexibility index (Phi) is 4.76. The second kappa shape index (κ2) is 5.39. The summed E-state index contributed by atoms with van der Waals surface area (Å²) in [4.78, 5) is 0. The molecule has 1 aliphatic rings. The van der Waals surface area contributed by atoms with Gasteiger partial charge in [0.15, 0.2) is 0 Å². The van der Waals surface area contributed by atoms with Crippen molar-refractivity contribution in [2.24, 2.45) is 0 Å². The third kappa shape index (κ3) is 2.66. The molecule has 0 radical (unpaired) electrons. The molecule has 1 unspecified atom stereocenters. The summed E-state index contributed by atoms with van der Waals surface area (Å²) in [7, 11) is 0. The Balaban J connectivity index is 0.000000980. The normalized spacial score (nSPS) is 18.1. The Bertz CT molecular complexity index is 345. The molecule has 1 N–H and O–H groups in total. The average molecular weight is 221 g/mol. The maximum atomic E-state index is 10.8. The maximum absolute atomic E-state index is 10.8. The molecule has 3 nitrogen and oxygen atoms in total. The van der Waals surface area contributed by atoms with Gasteiger partial charge in [-0.25, -0.2) is 4.21 Å². The molecule has 5 heteroatoms. The van der Waals surface area contributed by atoms with Gasteiger partial charge >= 0.3 is 29.6 Å². The topological polar surface area (TPSA) is 40.5 Å². The Hall–Kier alpha value is 0.290. The second-order valence-corrected chi connectivity index (χ2v) is 4.09. The van der Waals surface area contributed by atoms with Gasteiger partial charge in [0, 0.05) is 13.1 Å². The molecule has 0 aliphatic carbocycles. The molecule has 0 amide bonds. The summed E-state index contributed by atoms with van der Waals surface area (Å²) in [5, 5.41) is 0. The summed E-state index contributed by atoms with van der Waals surface area (Å²) in [6, 6.07) is 8.05. The molecule has 0 saturated carbocycles. The van der Waals surface area contributed by atoms with Crippen LogP contribution in [0, 0.1) is 0 Å². The van der Waals surface area contributed by atoms with Crippen LogP contribution in [-0.2, 0) is 24.2 Å². The van der Waals surface area contributed by atoms with Crippen molar-refractivity contribution in [3.8, 4) is 0 Å². The van der Waals surface area contributed by atoms with Crippen LogP contribution >= 0.6 is 0 Å². The van der Waals surface area contributed by atoms with Crippen LogP contribution < -0.4 is 0 Å². The van der Waals surface area contributed by atoms with E-state index >= 15 is 0 Å². The van der Waals surface area contributed by atoms with Crippen molar-refractivity contribution >= 4 is 40.8 Å². The summed E-state index contributed by atoms with van der Waals surface area (Å²) >= 11 is -1.83. The van der Waals surface area contributed by atoms with E-state index < -0.39 is 11.3 Å². The van der Waals surface area contributed by atoms with Crippen LogP contribution in [0.3, 0.4) is 0 Å². The van der Waals surface area contributed by atoms with Crippen LogP contribution in [0.2, 0.25) is 0 Å². The number of hydrogen-bond donors (Lipinski definition) is 1. The molecule has 0 bridgehead atoms. The van der Waals surface area contributed by atoms with Gasteiger partial charge in [-0.3, -0.25) is 4.55 Å². The van der Waals surface area contributed by atoms with Crippen LogP contribution in [0.4, 0.5) is 0 Å². The van der Waals surface area contributed by atoms with E-state index in [9.17, 15) is 4.21 Å². The molecule has 1 aliphatic heterocycles. The first-order valence-electron chi connectivity index (χ1n) is 4.20. The zero-order chi connectivity index (χ0) is 9.26. The molecule has 2 rings (SSSR count). The van der Waals surface area contributed by atoms with Crippen LogP contribution in [0.1, 0.15) is 11.1 Å². The number of rotatable bonds is 1. The number of fused-ring (bicyclic) bond motifs is 1. The Morgan fingerprint density at radius 3 is 2.57 bits per heavy atom. The molecule has 1 heterocycles. The van der Waals surface area contributed by atoms with Gasteiger partial charge < -0.3 is 0 Å². The zero-order valence-corrected chi connectivity index (χ0v) is 7.96. The first-order chi connectivity index (χ1) is 6.27. The van der Waals surface area contributed by atoms with Gasteiger partial charge in [0.2, 0.25) is 11.3 Å². The minimum absolute atomic E-state index is 0. The fraction of sp³-hybridized carbons (Fsp3) is 0.333. The van der Waals surface area contributed by atoms with E-state index in [0.717, 1.165) is 12.0 Å². The fourth-order valence-corrected chi connectivity index (χ4v) is 2.10. The van der Waals surface area contributed by atoms with Gasteiger partial charge in [-0.05, 0) is 17.5 Å². The molecule has 0 saturated heterocycles. The van der Waals surface area contributed by atoms with E-state index in [0.29, 0.717) is 13.1 Å². The number of nitrogens with zero attached hydrogens (tertiary/aromatic N) is 1. The molecule has 14 heavy (non-hydrogen) atoms.